The summed E-state index contributed by atoms with van der Waals surface area (Å²) < 4.78 is 0.622. The molecule has 3 nitrogen and oxygen atoms in total. The lowest BCUT2D eigenvalue weighted by Crippen LogP contribution is -2.17. The molecule has 0 unspecified atom stereocenters. The van der Waals surface area contributed by atoms with Crippen molar-refractivity contribution in [3.05, 3.63) is 0 Å². The van der Waals surface area contributed by atoms with E-state index >= 15 is 0 Å². The molecule has 0 radical (unpaired) electrons. The number of thiocarbonyl (C=S) groups is 1. The summed E-state index contributed by atoms with van der Waals surface area (Å²) in [5.74, 6) is 0. The molecule has 0 spiro atoms. The van der Waals surface area contributed by atoms with Crippen LogP contribution in [0.1, 0.15) is 161 Å². The molecule has 0 heterocycles. The van der Waals surface area contributed by atoms with Crippen LogP contribution in [-0.4, -0.2) is 23.5 Å². The molecule has 0 bridgehead atoms. The van der Waals surface area contributed by atoms with Crippen molar-refractivity contribution >= 4 is 35.2 Å². The van der Waals surface area contributed by atoms with E-state index in [9.17, 15) is 4.79 Å². The first-order valence-electron chi connectivity index (χ1n) is 14.8. The molecule has 0 rings (SSSR count). The molecule has 0 aliphatic carbocycles. The molecule has 0 aromatic carbocycles. The number of aliphatic imine (C=N–C) groups is 1. The van der Waals surface area contributed by atoms with Crippen molar-refractivity contribution in [3.63, 3.8) is 0 Å². The van der Waals surface area contributed by atoms with Gasteiger partial charge < -0.3 is 5.32 Å². The number of carbonyl (C=O) groups excluding carboxylic acids is 1. The lowest BCUT2D eigenvalue weighted by atomic mass is 10.0. The van der Waals surface area contributed by atoms with E-state index in [1.54, 1.807) is 6.08 Å². The maximum atomic E-state index is 9.97. The molecule has 0 atom stereocenters. The minimum atomic E-state index is 0.622. The molecule has 0 fully saturated rings. The average Bonchev–Trinajstić information content (AvgIpc) is 2.83. The highest BCUT2D eigenvalue weighted by atomic mass is 32.1. The zero-order chi connectivity index (χ0) is 24.8. The summed E-state index contributed by atoms with van der Waals surface area (Å²) in [5, 5.41) is 3.10. The fourth-order valence-electron chi connectivity index (χ4n) is 4.62. The summed E-state index contributed by atoms with van der Waals surface area (Å²) in [7, 11) is 0. The molecule has 0 aliphatic rings. The Labute approximate surface area is 223 Å². The predicted octanol–water partition coefficient (Wildman–Crippen LogP) is 9.88. The minimum Gasteiger partial charge on any atom is -0.371 e. The number of hydrogen-bond acceptors (Lipinski definition) is 3. The number of rotatable bonds is 28. The van der Waals surface area contributed by atoms with Crippen molar-refractivity contribution in [1.82, 2.24) is 5.32 Å². The first-order chi connectivity index (χ1) is 16.8. The Balaban J connectivity index is 3.03. The zero-order valence-electron chi connectivity index (χ0n) is 22.3. The largest absolute Gasteiger partial charge is 0.371 e. The van der Waals surface area contributed by atoms with E-state index in [0.717, 1.165) is 13.0 Å². The smallest absolute Gasteiger partial charge is 0.234 e. The van der Waals surface area contributed by atoms with E-state index < -0.39 is 0 Å². The van der Waals surface area contributed by atoms with E-state index in [1.165, 1.54) is 154 Å². The Morgan fingerprint density at radius 1 is 0.529 bits per heavy atom. The molecule has 0 aromatic heterocycles. The van der Waals surface area contributed by atoms with Crippen molar-refractivity contribution in [2.45, 2.75) is 161 Å². The van der Waals surface area contributed by atoms with Crippen LogP contribution in [0.15, 0.2) is 4.99 Å². The van der Waals surface area contributed by atoms with Gasteiger partial charge in [0, 0.05) is 6.54 Å². The molecule has 1 N–H and O–H groups in total. The molecule has 5 heteroatoms. The molecule has 34 heavy (non-hydrogen) atoms. The number of thiol groups is 1. The van der Waals surface area contributed by atoms with E-state index in [2.05, 4.69) is 22.9 Å². The van der Waals surface area contributed by atoms with Crippen LogP contribution in [0.4, 0.5) is 0 Å². The Morgan fingerprint density at radius 3 is 1.06 bits per heavy atom. The van der Waals surface area contributed by atoms with E-state index in [4.69, 9.17) is 12.2 Å². The van der Waals surface area contributed by atoms with Gasteiger partial charge in [0.1, 0.15) is 4.32 Å². The van der Waals surface area contributed by atoms with Gasteiger partial charge in [-0.3, -0.25) is 0 Å². The zero-order valence-corrected chi connectivity index (χ0v) is 24.0. The van der Waals surface area contributed by atoms with Crippen molar-refractivity contribution in [2.24, 2.45) is 4.99 Å². The fraction of sp³-hybridized carbons (Fsp3) is 0.931. The maximum Gasteiger partial charge on any atom is 0.234 e. The summed E-state index contributed by atoms with van der Waals surface area (Å²) in [6, 6.07) is 0. The second-order valence-electron chi connectivity index (χ2n) is 10.0. The van der Waals surface area contributed by atoms with Crippen LogP contribution in [-0.2, 0) is 4.79 Å². The van der Waals surface area contributed by atoms with Crippen molar-refractivity contribution in [3.8, 4) is 0 Å². The second-order valence-corrected chi connectivity index (χ2v) is 11.2. The van der Waals surface area contributed by atoms with Gasteiger partial charge in [0.25, 0.3) is 0 Å². The third-order valence-corrected chi connectivity index (χ3v) is 7.09. The van der Waals surface area contributed by atoms with Gasteiger partial charge in [0.2, 0.25) is 6.08 Å². The topological polar surface area (TPSA) is 41.5 Å². The monoisotopic (exact) mass is 512 g/mol. The molecule has 0 saturated carbocycles. The van der Waals surface area contributed by atoms with Crippen molar-refractivity contribution in [2.75, 3.05) is 13.1 Å². The average molecular weight is 513 g/mol. The summed E-state index contributed by atoms with van der Waals surface area (Å²) in [6.07, 6.45) is 36.2. The highest BCUT2D eigenvalue weighted by molar-refractivity contribution is 8.11. The molecule has 0 aromatic rings. The molecule has 0 saturated heterocycles. The lowest BCUT2D eigenvalue weighted by molar-refractivity contribution is 0.515. The third kappa shape index (κ3) is 31.6. The van der Waals surface area contributed by atoms with Gasteiger partial charge in [0.15, 0.2) is 0 Å². The Morgan fingerprint density at radius 2 is 0.794 bits per heavy atom. The Hall–Kier alpha value is -0.380. The van der Waals surface area contributed by atoms with Crippen LogP contribution in [0.5, 0.6) is 0 Å². The van der Waals surface area contributed by atoms with Gasteiger partial charge in [-0.15, -0.1) is 12.6 Å². The number of isocyanates is 1. The highest BCUT2D eigenvalue weighted by Crippen LogP contribution is 2.15. The lowest BCUT2D eigenvalue weighted by Gasteiger charge is -2.05. The van der Waals surface area contributed by atoms with Crippen molar-refractivity contribution < 1.29 is 4.79 Å². The molecular formula is C29H56N2OS2. The second kappa shape index (κ2) is 30.7. The van der Waals surface area contributed by atoms with Gasteiger partial charge in [-0.2, -0.15) is 0 Å². The van der Waals surface area contributed by atoms with Crippen LogP contribution >= 0.6 is 24.8 Å². The number of hydrogen-bond donors (Lipinski definition) is 2. The Bertz CT molecular complexity index is 439. The van der Waals surface area contributed by atoms with Gasteiger partial charge in [-0.1, -0.05) is 160 Å². The molecule has 0 amide bonds. The predicted molar refractivity (Wildman–Crippen MR) is 158 cm³/mol. The number of nitrogens with one attached hydrogen (secondary N) is 1. The van der Waals surface area contributed by atoms with E-state index in [-0.39, 0.29) is 0 Å². The van der Waals surface area contributed by atoms with Crippen molar-refractivity contribution in [1.29, 1.82) is 0 Å². The first kappa shape index (κ1) is 33.6. The highest BCUT2D eigenvalue weighted by Gasteiger charge is 1.96. The quantitative estimate of drug-likeness (QED) is 0.0360. The molecular weight excluding hydrogens is 456 g/mol. The summed E-state index contributed by atoms with van der Waals surface area (Å²) in [5.41, 5.74) is 0. The first-order valence-corrected chi connectivity index (χ1v) is 15.6. The fourth-order valence-corrected chi connectivity index (χ4v) is 4.84. The number of unbranched alkanes of at least 4 members (excludes halogenated alkanes) is 24. The van der Waals surface area contributed by atoms with Crippen LogP contribution in [0.3, 0.4) is 0 Å². The Kier molecular flexibility index (Phi) is 30.3. The van der Waals surface area contributed by atoms with E-state index in [1.807, 2.05) is 0 Å². The summed E-state index contributed by atoms with van der Waals surface area (Å²) >= 11 is 8.96. The van der Waals surface area contributed by atoms with Crippen LogP contribution in [0.25, 0.3) is 0 Å². The molecule has 0 aliphatic heterocycles. The SMILES string of the molecule is O=C=NCCCCCCCCCCCCCCCCCCCCCCCCCCCNC(=S)S. The summed E-state index contributed by atoms with van der Waals surface area (Å²) in [6.45, 7) is 1.64. The minimum absolute atomic E-state index is 0.622. The standard InChI is InChI=1S/C29H56N2OS2/c32-28-30-26-24-22-20-18-16-14-12-10-8-6-4-2-1-3-5-7-9-11-13-15-17-19-21-23-25-27-31-29(33)34/h1-27H2,(H2,31,33,34). The van der Waals surface area contributed by atoms with E-state index in [0.29, 0.717) is 10.9 Å². The van der Waals surface area contributed by atoms with Crippen LogP contribution in [0.2, 0.25) is 0 Å². The number of nitrogens with zero attached hydrogens (tertiary/aromatic N) is 1. The molecule has 200 valence electrons. The summed E-state index contributed by atoms with van der Waals surface area (Å²) in [4.78, 5) is 13.6. The normalized spacial score (nSPS) is 10.9. The van der Waals surface area contributed by atoms with Crippen LogP contribution < -0.4 is 5.32 Å². The third-order valence-electron chi connectivity index (χ3n) is 6.79. The van der Waals surface area contributed by atoms with Gasteiger partial charge >= 0.3 is 0 Å². The van der Waals surface area contributed by atoms with Gasteiger partial charge in [0.05, 0.1) is 6.54 Å². The van der Waals surface area contributed by atoms with Gasteiger partial charge in [-0.05, 0) is 12.8 Å². The maximum absolute atomic E-state index is 9.97. The van der Waals surface area contributed by atoms with Crippen LogP contribution in [0, 0.1) is 0 Å². The van der Waals surface area contributed by atoms with Gasteiger partial charge in [-0.25, -0.2) is 9.79 Å².